The van der Waals surface area contributed by atoms with Crippen molar-refractivity contribution in [2.24, 2.45) is 0 Å². The van der Waals surface area contributed by atoms with Crippen molar-refractivity contribution in [1.29, 1.82) is 0 Å². The molecule has 0 fully saturated rings. The van der Waals surface area contributed by atoms with Gasteiger partial charge in [-0.2, -0.15) is 0 Å². The van der Waals surface area contributed by atoms with Crippen LogP contribution in [0.5, 0.6) is 0 Å². The summed E-state index contributed by atoms with van der Waals surface area (Å²) >= 11 is 0. The lowest BCUT2D eigenvalue weighted by molar-refractivity contribution is 0.0960. The predicted molar refractivity (Wildman–Crippen MR) is 105 cm³/mol. The Hall–Kier alpha value is -3.31. The molecule has 0 heterocycles. The van der Waals surface area contributed by atoms with Crippen LogP contribution in [0.3, 0.4) is 0 Å². The second kappa shape index (κ2) is 8.18. The lowest BCUT2D eigenvalue weighted by Crippen LogP contribution is -2.20. The molecular formula is C21H21N3O2. The second-order valence-electron chi connectivity index (χ2n) is 5.77. The van der Waals surface area contributed by atoms with Gasteiger partial charge in [0.25, 0.3) is 5.91 Å². The minimum atomic E-state index is -0.239. The van der Waals surface area contributed by atoms with Crippen LogP contribution in [-0.4, -0.2) is 18.1 Å². The quantitative estimate of drug-likeness (QED) is 0.543. The molecule has 0 bridgehead atoms. The number of carbonyl (C=O) groups is 1. The summed E-state index contributed by atoms with van der Waals surface area (Å²) in [6, 6.07) is 23.0. The van der Waals surface area contributed by atoms with Gasteiger partial charge in [0.05, 0.1) is 18.0 Å². The number of hydrogen-bond donors (Lipinski definition) is 4. The lowest BCUT2D eigenvalue weighted by atomic mass is 10.0. The summed E-state index contributed by atoms with van der Waals surface area (Å²) < 4.78 is 0. The van der Waals surface area contributed by atoms with Crippen molar-refractivity contribution < 1.29 is 9.90 Å². The van der Waals surface area contributed by atoms with Crippen molar-refractivity contribution in [3.63, 3.8) is 0 Å². The molecule has 0 unspecified atom stereocenters. The third-order valence-electron chi connectivity index (χ3n) is 3.99. The van der Waals surface area contributed by atoms with E-state index in [0.717, 1.165) is 22.7 Å². The monoisotopic (exact) mass is 347 g/mol. The zero-order valence-electron chi connectivity index (χ0n) is 14.5. The fourth-order valence-electron chi connectivity index (χ4n) is 2.68. The first-order valence-corrected chi connectivity index (χ1v) is 8.35. The van der Waals surface area contributed by atoms with Gasteiger partial charge < -0.3 is 21.1 Å². The standard InChI is InChI=1S/C21H21N3O2/c1-22-21(26)18-13-20(24-17-10-6-3-7-11-17)19(12-15(18)14-25)23-16-8-4-2-5-9-16/h2-13,23-25H,14H2,1H3,(H,22,26). The van der Waals surface area contributed by atoms with E-state index in [1.807, 2.05) is 60.7 Å². The van der Waals surface area contributed by atoms with Gasteiger partial charge in [-0.1, -0.05) is 36.4 Å². The highest BCUT2D eigenvalue weighted by molar-refractivity contribution is 5.98. The summed E-state index contributed by atoms with van der Waals surface area (Å²) in [6.07, 6.45) is 0. The number of nitrogens with one attached hydrogen (secondary N) is 3. The number of benzene rings is 3. The van der Waals surface area contributed by atoms with Crippen LogP contribution in [0.1, 0.15) is 15.9 Å². The molecule has 0 aromatic heterocycles. The van der Waals surface area contributed by atoms with Crippen molar-refractivity contribution in [3.05, 3.63) is 83.9 Å². The number of amides is 1. The Balaban J connectivity index is 2.05. The maximum atomic E-state index is 12.2. The van der Waals surface area contributed by atoms with Crippen molar-refractivity contribution in [3.8, 4) is 0 Å². The summed E-state index contributed by atoms with van der Waals surface area (Å²) in [5.74, 6) is -0.239. The van der Waals surface area contributed by atoms with E-state index >= 15 is 0 Å². The van der Waals surface area contributed by atoms with E-state index in [9.17, 15) is 9.90 Å². The average Bonchev–Trinajstić information content (AvgIpc) is 2.70. The van der Waals surface area contributed by atoms with Gasteiger partial charge in [-0.05, 0) is 42.0 Å². The van der Waals surface area contributed by atoms with Crippen molar-refractivity contribution in [1.82, 2.24) is 5.32 Å². The molecule has 0 atom stereocenters. The first-order valence-electron chi connectivity index (χ1n) is 8.35. The Kier molecular flexibility index (Phi) is 5.51. The Morgan fingerprint density at radius 3 is 1.81 bits per heavy atom. The summed E-state index contributed by atoms with van der Waals surface area (Å²) in [5.41, 5.74) is 4.34. The van der Waals surface area contributed by atoms with Crippen LogP contribution in [-0.2, 0) is 6.61 Å². The average molecular weight is 347 g/mol. The molecule has 0 saturated carbocycles. The highest BCUT2D eigenvalue weighted by Crippen LogP contribution is 2.32. The highest BCUT2D eigenvalue weighted by atomic mass is 16.3. The van der Waals surface area contributed by atoms with Crippen LogP contribution in [0.25, 0.3) is 0 Å². The molecule has 3 rings (SSSR count). The normalized spacial score (nSPS) is 10.2. The SMILES string of the molecule is CNC(=O)c1cc(Nc2ccccc2)c(Nc2ccccc2)cc1CO. The third kappa shape index (κ3) is 4.02. The minimum Gasteiger partial charge on any atom is -0.392 e. The van der Waals surface area contributed by atoms with Gasteiger partial charge >= 0.3 is 0 Å². The molecule has 4 N–H and O–H groups in total. The molecule has 0 aliphatic heterocycles. The first kappa shape index (κ1) is 17.5. The number of para-hydroxylation sites is 2. The zero-order valence-corrected chi connectivity index (χ0v) is 14.5. The number of carbonyl (C=O) groups excluding carboxylic acids is 1. The minimum absolute atomic E-state index is 0.224. The largest absolute Gasteiger partial charge is 0.392 e. The number of aliphatic hydroxyl groups excluding tert-OH is 1. The van der Waals surface area contributed by atoms with Crippen LogP contribution >= 0.6 is 0 Å². The van der Waals surface area contributed by atoms with Crippen LogP contribution < -0.4 is 16.0 Å². The number of rotatable bonds is 6. The molecule has 26 heavy (non-hydrogen) atoms. The molecule has 1 amide bonds. The molecule has 0 aliphatic carbocycles. The predicted octanol–water partition coefficient (Wildman–Crippen LogP) is 4.03. The number of hydrogen-bond acceptors (Lipinski definition) is 4. The Bertz CT molecular complexity index is 881. The van der Waals surface area contributed by atoms with Crippen LogP contribution in [0.4, 0.5) is 22.7 Å². The van der Waals surface area contributed by atoms with Gasteiger partial charge in [0.15, 0.2) is 0 Å². The van der Waals surface area contributed by atoms with Gasteiger partial charge in [0.1, 0.15) is 0 Å². The Morgan fingerprint density at radius 1 is 0.846 bits per heavy atom. The maximum absolute atomic E-state index is 12.2. The van der Waals surface area contributed by atoms with E-state index < -0.39 is 0 Å². The third-order valence-corrected chi connectivity index (χ3v) is 3.99. The summed E-state index contributed by atoms with van der Waals surface area (Å²) in [6.45, 7) is -0.224. The van der Waals surface area contributed by atoms with Gasteiger partial charge in [0.2, 0.25) is 0 Å². The molecular weight excluding hydrogens is 326 g/mol. The van der Waals surface area contributed by atoms with Crippen molar-refractivity contribution in [2.75, 3.05) is 17.7 Å². The van der Waals surface area contributed by atoms with Gasteiger partial charge in [-0.3, -0.25) is 4.79 Å². The molecule has 5 nitrogen and oxygen atoms in total. The van der Waals surface area contributed by atoms with E-state index in [1.165, 1.54) is 0 Å². The highest BCUT2D eigenvalue weighted by Gasteiger charge is 2.15. The van der Waals surface area contributed by atoms with E-state index in [1.54, 1.807) is 19.2 Å². The molecule has 0 radical (unpaired) electrons. The number of anilines is 4. The summed E-state index contributed by atoms with van der Waals surface area (Å²) in [4.78, 5) is 12.2. The van der Waals surface area contributed by atoms with E-state index in [2.05, 4.69) is 16.0 Å². The van der Waals surface area contributed by atoms with Gasteiger partial charge in [-0.15, -0.1) is 0 Å². The van der Waals surface area contributed by atoms with E-state index in [4.69, 9.17) is 0 Å². The Morgan fingerprint density at radius 2 is 1.35 bits per heavy atom. The fraction of sp³-hybridized carbons (Fsp3) is 0.0952. The van der Waals surface area contributed by atoms with Crippen molar-refractivity contribution in [2.45, 2.75) is 6.61 Å². The lowest BCUT2D eigenvalue weighted by Gasteiger charge is -2.18. The topological polar surface area (TPSA) is 73.4 Å². The van der Waals surface area contributed by atoms with Crippen LogP contribution in [0.15, 0.2) is 72.8 Å². The molecule has 132 valence electrons. The zero-order chi connectivity index (χ0) is 18.4. The smallest absolute Gasteiger partial charge is 0.251 e. The maximum Gasteiger partial charge on any atom is 0.251 e. The molecule has 5 heteroatoms. The van der Waals surface area contributed by atoms with E-state index in [-0.39, 0.29) is 12.5 Å². The van der Waals surface area contributed by atoms with Crippen molar-refractivity contribution >= 4 is 28.7 Å². The summed E-state index contributed by atoms with van der Waals surface area (Å²) in [5, 5.41) is 19.0. The molecule has 0 aliphatic rings. The fourth-order valence-corrected chi connectivity index (χ4v) is 2.68. The molecule has 0 spiro atoms. The van der Waals surface area contributed by atoms with Crippen LogP contribution in [0, 0.1) is 0 Å². The summed E-state index contributed by atoms with van der Waals surface area (Å²) in [7, 11) is 1.57. The molecule has 3 aromatic carbocycles. The molecule has 0 saturated heterocycles. The Labute approximate surface area is 152 Å². The molecule has 3 aromatic rings. The van der Waals surface area contributed by atoms with E-state index in [0.29, 0.717) is 11.1 Å². The second-order valence-corrected chi connectivity index (χ2v) is 5.77. The van der Waals surface area contributed by atoms with Gasteiger partial charge in [0, 0.05) is 24.0 Å². The van der Waals surface area contributed by atoms with Gasteiger partial charge in [-0.25, -0.2) is 0 Å². The number of aliphatic hydroxyl groups is 1. The van der Waals surface area contributed by atoms with Crippen LogP contribution in [0.2, 0.25) is 0 Å². The first-order chi connectivity index (χ1) is 12.7.